The Balaban J connectivity index is 2.06. The molecule has 0 aromatic heterocycles. The summed E-state index contributed by atoms with van der Waals surface area (Å²) in [5.74, 6) is 0.0326. The molecule has 6 nitrogen and oxygen atoms in total. The number of likely N-dealkylation sites (tertiary alicyclic amines) is 1. The number of benzene rings is 1. The van der Waals surface area contributed by atoms with Gasteiger partial charge in [-0.3, -0.25) is 4.79 Å². The van der Waals surface area contributed by atoms with Gasteiger partial charge in [0, 0.05) is 20.1 Å². The first-order chi connectivity index (χ1) is 12.7. The maximum atomic E-state index is 12.9. The van der Waals surface area contributed by atoms with Crippen LogP contribution in [0.25, 0.3) is 0 Å². The lowest BCUT2D eigenvalue weighted by Crippen LogP contribution is -2.49. The highest BCUT2D eigenvalue weighted by Crippen LogP contribution is 2.15. The molecule has 1 amide bonds. The van der Waals surface area contributed by atoms with Crippen molar-refractivity contribution >= 4 is 15.9 Å². The van der Waals surface area contributed by atoms with E-state index in [1.807, 2.05) is 20.8 Å². The van der Waals surface area contributed by atoms with Crippen molar-refractivity contribution in [3.8, 4) is 0 Å². The summed E-state index contributed by atoms with van der Waals surface area (Å²) in [6.45, 7) is 9.50. The van der Waals surface area contributed by atoms with Crippen LogP contribution < -0.4 is 4.72 Å². The normalized spacial score (nSPS) is 16.6. The molecule has 0 aliphatic carbocycles. The third-order valence-corrected chi connectivity index (χ3v) is 6.45. The van der Waals surface area contributed by atoms with Crippen molar-refractivity contribution in [2.75, 3.05) is 33.2 Å². The molecule has 0 radical (unpaired) electrons. The first-order valence-electron chi connectivity index (χ1n) is 9.75. The van der Waals surface area contributed by atoms with Gasteiger partial charge in [-0.15, -0.1) is 0 Å². The molecule has 0 spiro atoms. The maximum Gasteiger partial charge on any atom is 0.241 e. The van der Waals surface area contributed by atoms with Crippen LogP contribution in [0, 0.1) is 12.8 Å². The maximum absolute atomic E-state index is 12.9. The predicted octanol–water partition coefficient (Wildman–Crippen LogP) is 2.24. The van der Waals surface area contributed by atoms with Crippen molar-refractivity contribution in [3.63, 3.8) is 0 Å². The van der Waals surface area contributed by atoms with Gasteiger partial charge in [0.25, 0.3) is 0 Å². The van der Waals surface area contributed by atoms with Gasteiger partial charge in [0.2, 0.25) is 15.9 Å². The van der Waals surface area contributed by atoms with Crippen molar-refractivity contribution in [2.24, 2.45) is 5.92 Å². The van der Waals surface area contributed by atoms with Crippen LogP contribution >= 0.6 is 0 Å². The number of rotatable bonds is 9. The fourth-order valence-corrected chi connectivity index (χ4v) is 4.52. The van der Waals surface area contributed by atoms with Gasteiger partial charge in [0.15, 0.2) is 0 Å². The van der Waals surface area contributed by atoms with E-state index >= 15 is 0 Å². The second kappa shape index (κ2) is 9.66. The van der Waals surface area contributed by atoms with E-state index in [1.165, 1.54) is 12.8 Å². The largest absolute Gasteiger partial charge is 0.343 e. The van der Waals surface area contributed by atoms with Crippen molar-refractivity contribution in [1.29, 1.82) is 0 Å². The summed E-state index contributed by atoms with van der Waals surface area (Å²) in [5, 5.41) is 0. The Morgan fingerprint density at radius 1 is 1.19 bits per heavy atom. The van der Waals surface area contributed by atoms with E-state index in [0.717, 1.165) is 25.2 Å². The lowest BCUT2D eigenvalue weighted by molar-refractivity contribution is -0.132. The quantitative estimate of drug-likeness (QED) is 0.696. The first kappa shape index (κ1) is 21.9. The first-order valence-corrected chi connectivity index (χ1v) is 11.2. The van der Waals surface area contributed by atoms with Gasteiger partial charge in [-0.05, 0) is 57.3 Å². The number of amides is 1. The lowest BCUT2D eigenvalue weighted by Gasteiger charge is -2.27. The molecule has 7 heteroatoms. The molecule has 1 heterocycles. The van der Waals surface area contributed by atoms with E-state index in [4.69, 9.17) is 0 Å². The number of hydrogen-bond acceptors (Lipinski definition) is 4. The second-order valence-electron chi connectivity index (χ2n) is 7.93. The van der Waals surface area contributed by atoms with Crippen LogP contribution in [0.5, 0.6) is 0 Å². The number of carbonyl (C=O) groups is 1. The summed E-state index contributed by atoms with van der Waals surface area (Å²) < 4.78 is 28.1. The van der Waals surface area contributed by atoms with Crippen LogP contribution in [0.1, 0.15) is 38.7 Å². The molecule has 1 aromatic carbocycles. The third-order valence-electron chi connectivity index (χ3n) is 4.96. The Kier molecular flexibility index (Phi) is 7.82. The highest BCUT2D eigenvalue weighted by Gasteiger charge is 2.29. The second-order valence-corrected chi connectivity index (χ2v) is 9.64. The van der Waals surface area contributed by atoms with E-state index in [2.05, 4.69) is 9.62 Å². The Labute approximate surface area is 164 Å². The number of aryl methyl sites for hydroxylation is 1. The molecule has 1 atom stereocenters. The molecule has 27 heavy (non-hydrogen) atoms. The number of sulfonamides is 1. The van der Waals surface area contributed by atoms with Crippen molar-refractivity contribution < 1.29 is 13.2 Å². The van der Waals surface area contributed by atoms with Crippen LogP contribution in [-0.4, -0.2) is 63.4 Å². The van der Waals surface area contributed by atoms with Crippen LogP contribution in [0.4, 0.5) is 0 Å². The van der Waals surface area contributed by atoms with Crippen LogP contribution in [0.3, 0.4) is 0 Å². The smallest absolute Gasteiger partial charge is 0.241 e. The van der Waals surface area contributed by atoms with Gasteiger partial charge >= 0.3 is 0 Å². The van der Waals surface area contributed by atoms with Gasteiger partial charge in [0.1, 0.15) is 6.04 Å². The molecule has 1 aromatic rings. The Hall–Kier alpha value is -1.44. The number of carbonyl (C=O) groups excluding carboxylic acids is 1. The van der Waals surface area contributed by atoms with Crippen molar-refractivity contribution in [3.05, 3.63) is 29.8 Å². The topological polar surface area (TPSA) is 69.7 Å². The third kappa shape index (κ3) is 6.59. The Morgan fingerprint density at radius 2 is 1.78 bits per heavy atom. The molecule has 1 unspecified atom stereocenters. The summed E-state index contributed by atoms with van der Waals surface area (Å²) in [7, 11) is -1.98. The molecule has 2 rings (SSSR count). The molecule has 1 N–H and O–H groups in total. The van der Waals surface area contributed by atoms with Crippen molar-refractivity contribution in [1.82, 2.24) is 14.5 Å². The number of likely N-dealkylation sites (N-methyl/N-ethyl adjacent to an activating group) is 1. The molecular formula is C20H33N3O3S. The average Bonchev–Trinajstić information content (AvgIpc) is 3.11. The molecule has 1 saturated heterocycles. The van der Waals surface area contributed by atoms with E-state index < -0.39 is 16.1 Å². The number of hydrogen-bond donors (Lipinski definition) is 1. The van der Waals surface area contributed by atoms with Crippen LogP contribution in [-0.2, 0) is 14.8 Å². The molecule has 0 bridgehead atoms. The molecule has 1 aliphatic heterocycles. The molecule has 152 valence electrons. The minimum absolute atomic E-state index is 0.168. The van der Waals surface area contributed by atoms with E-state index in [-0.39, 0.29) is 16.7 Å². The fourth-order valence-electron chi connectivity index (χ4n) is 3.32. The zero-order chi connectivity index (χ0) is 20.0. The molecule has 1 aliphatic rings. The van der Waals surface area contributed by atoms with Crippen molar-refractivity contribution in [2.45, 2.75) is 51.0 Å². The fraction of sp³-hybridized carbons (Fsp3) is 0.650. The Bertz CT molecular complexity index is 710. The predicted molar refractivity (Wildman–Crippen MR) is 108 cm³/mol. The minimum atomic E-state index is -3.74. The summed E-state index contributed by atoms with van der Waals surface area (Å²) in [6, 6.07) is 5.92. The van der Waals surface area contributed by atoms with Gasteiger partial charge in [-0.2, -0.15) is 4.72 Å². The summed E-state index contributed by atoms with van der Waals surface area (Å²) in [6.07, 6.45) is 2.89. The van der Waals surface area contributed by atoms with Gasteiger partial charge in [-0.25, -0.2) is 8.42 Å². The number of nitrogens with zero attached hydrogens (tertiary/aromatic N) is 2. The lowest BCUT2D eigenvalue weighted by atomic mass is 10.0. The summed E-state index contributed by atoms with van der Waals surface area (Å²) in [5.41, 5.74) is 0.991. The molecule has 1 fully saturated rings. The van der Waals surface area contributed by atoms with E-state index in [9.17, 15) is 13.2 Å². The zero-order valence-electron chi connectivity index (χ0n) is 16.9. The molecular weight excluding hydrogens is 362 g/mol. The van der Waals surface area contributed by atoms with Gasteiger partial charge in [-0.1, -0.05) is 31.5 Å². The number of nitrogens with one attached hydrogen (secondary N) is 1. The highest BCUT2D eigenvalue weighted by atomic mass is 32.2. The van der Waals surface area contributed by atoms with Crippen LogP contribution in [0.2, 0.25) is 0 Å². The standard InChI is InChI=1S/C20H33N3O3S/c1-16(2)15-19(20(24)22(4)13-14-23-11-5-6-12-23)21-27(25,26)18-9-7-17(3)8-10-18/h7-10,16,19,21H,5-6,11-15H2,1-4H3. The molecule has 0 saturated carbocycles. The van der Waals surface area contributed by atoms with Gasteiger partial charge < -0.3 is 9.80 Å². The zero-order valence-corrected chi connectivity index (χ0v) is 17.8. The SMILES string of the molecule is Cc1ccc(S(=O)(=O)NC(CC(C)C)C(=O)N(C)CCN2CCCC2)cc1. The summed E-state index contributed by atoms with van der Waals surface area (Å²) >= 11 is 0. The summed E-state index contributed by atoms with van der Waals surface area (Å²) in [4.78, 5) is 17.1. The van der Waals surface area contributed by atoms with Gasteiger partial charge in [0.05, 0.1) is 4.90 Å². The highest BCUT2D eigenvalue weighted by molar-refractivity contribution is 7.89. The van der Waals surface area contributed by atoms with E-state index in [1.54, 1.807) is 36.2 Å². The van der Waals surface area contributed by atoms with Crippen LogP contribution in [0.15, 0.2) is 29.2 Å². The van der Waals surface area contributed by atoms with E-state index in [0.29, 0.717) is 13.0 Å². The Morgan fingerprint density at radius 3 is 2.33 bits per heavy atom. The monoisotopic (exact) mass is 395 g/mol. The average molecular weight is 396 g/mol. The minimum Gasteiger partial charge on any atom is -0.343 e.